The molecule has 0 aliphatic heterocycles. The Morgan fingerprint density at radius 3 is 2.78 bits per heavy atom. The van der Waals surface area contributed by atoms with E-state index < -0.39 is 23.6 Å². The van der Waals surface area contributed by atoms with Crippen LogP contribution in [-0.2, 0) is 11.3 Å². The Kier molecular flexibility index (Phi) is 5.27. The molecule has 2 N–H and O–H groups in total. The molecule has 0 aliphatic carbocycles. The van der Waals surface area contributed by atoms with Gasteiger partial charge >= 0.3 is 0 Å². The van der Waals surface area contributed by atoms with Crippen molar-refractivity contribution in [2.24, 2.45) is 0 Å². The summed E-state index contributed by atoms with van der Waals surface area (Å²) in [5, 5.41) is 12.9. The van der Waals surface area contributed by atoms with Gasteiger partial charge in [-0.3, -0.25) is 14.2 Å². The molecule has 3 aromatic rings. The summed E-state index contributed by atoms with van der Waals surface area (Å²) < 4.78 is 27.3. The van der Waals surface area contributed by atoms with Crippen molar-refractivity contribution < 1.29 is 18.7 Å². The third-order valence-corrected chi connectivity index (χ3v) is 4.19. The van der Waals surface area contributed by atoms with Gasteiger partial charge in [-0.15, -0.1) is 0 Å². The van der Waals surface area contributed by atoms with Crippen LogP contribution in [0.2, 0.25) is 0 Å². The van der Waals surface area contributed by atoms with E-state index in [-0.39, 0.29) is 24.2 Å². The van der Waals surface area contributed by atoms with Crippen LogP contribution in [0.5, 0.6) is 0 Å². The van der Waals surface area contributed by atoms with Crippen molar-refractivity contribution in [2.45, 2.75) is 19.6 Å². The first kappa shape index (κ1) is 18.7. The number of amides is 1. The van der Waals surface area contributed by atoms with E-state index in [1.807, 2.05) is 13.0 Å². The summed E-state index contributed by atoms with van der Waals surface area (Å²) in [7, 11) is 0. The van der Waals surface area contributed by atoms with Crippen molar-refractivity contribution in [2.75, 3.05) is 6.54 Å². The van der Waals surface area contributed by atoms with Crippen LogP contribution in [-0.4, -0.2) is 27.1 Å². The monoisotopic (exact) mass is 373 g/mol. The molecule has 6 nitrogen and oxygen atoms in total. The van der Waals surface area contributed by atoms with Gasteiger partial charge in [-0.2, -0.15) is 0 Å². The maximum absolute atomic E-state index is 13.2. The van der Waals surface area contributed by atoms with Gasteiger partial charge < -0.3 is 10.4 Å². The van der Waals surface area contributed by atoms with E-state index >= 15 is 0 Å². The summed E-state index contributed by atoms with van der Waals surface area (Å²) in [5.41, 5.74) is 1.22. The average molecular weight is 373 g/mol. The van der Waals surface area contributed by atoms with Gasteiger partial charge in [0.25, 0.3) is 5.56 Å². The highest BCUT2D eigenvalue weighted by molar-refractivity contribution is 5.81. The number of aryl methyl sites for hydroxylation is 1. The Bertz CT molecular complexity index is 1070. The van der Waals surface area contributed by atoms with Crippen LogP contribution in [0.15, 0.2) is 47.5 Å². The minimum Gasteiger partial charge on any atom is -0.387 e. The lowest BCUT2D eigenvalue weighted by atomic mass is 10.1. The molecule has 140 valence electrons. The van der Waals surface area contributed by atoms with Crippen LogP contribution >= 0.6 is 0 Å². The molecule has 0 radical (unpaired) electrons. The number of hydrogen-bond donors (Lipinski definition) is 2. The first-order valence-corrected chi connectivity index (χ1v) is 8.21. The molecule has 0 saturated heterocycles. The van der Waals surface area contributed by atoms with E-state index in [4.69, 9.17) is 0 Å². The number of carbonyl (C=O) groups excluding carboxylic acids is 1. The zero-order valence-electron chi connectivity index (χ0n) is 14.4. The normalized spacial score (nSPS) is 12.1. The Morgan fingerprint density at radius 1 is 1.26 bits per heavy atom. The molecule has 0 bridgehead atoms. The molecule has 0 fully saturated rings. The third kappa shape index (κ3) is 4.01. The number of nitrogens with one attached hydrogen (secondary N) is 1. The SMILES string of the molecule is Cc1cccc2c(=O)n(CC(=O)NC[C@H](O)c3ccc(F)c(F)c3)cnc12. The molecule has 1 atom stereocenters. The van der Waals surface area contributed by atoms with E-state index in [1.165, 1.54) is 17.0 Å². The Balaban J connectivity index is 1.67. The quantitative estimate of drug-likeness (QED) is 0.715. The first-order chi connectivity index (χ1) is 12.9. The summed E-state index contributed by atoms with van der Waals surface area (Å²) >= 11 is 0. The summed E-state index contributed by atoms with van der Waals surface area (Å²) in [6.45, 7) is 1.35. The number of para-hydroxylation sites is 1. The van der Waals surface area contributed by atoms with Gasteiger partial charge in [0.15, 0.2) is 11.6 Å². The second-order valence-corrected chi connectivity index (χ2v) is 6.14. The van der Waals surface area contributed by atoms with Gasteiger partial charge in [0.1, 0.15) is 6.54 Å². The van der Waals surface area contributed by atoms with Crippen LogP contribution in [0, 0.1) is 18.6 Å². The molecule has 8 heteroatoms. The van der Waals surface area contributed by atoms with Crippen LogP contribution in [0.4, 0.5) is 8.78 Å². The highest BCUT2D eigenvalue weighted by Crippen LogP contribution is 2.15. The third-order valence-electron chi connectivity index (χ3n) is 4.19. The molecule has 0 saturated carbocycles. The smallest absolute Gasteiger partial charge is 0.261 e. The molecule has 1 amide bonds. The molecule has 27 heavy (non-hydrogen) atoms. The minimum atomic E-state index is -1.21. The molecule has 0 spiro atoms. The number of halogens is 2. The van der Waals surface area contributed by atoms with Crippen LogP contribution in [0.3, 0.4) is 0 Å². The Labute approximate surface area is 153 Å². The highest BCUT2D eigenvalue weighted by atomic mass is 19.2. The van der Waals surface area contributed by atoms with Crippen molar-refractivity contribution in [3.8, 4) is 0 Å². The zero-order valence-corrected chi connectivity index (χ0v) is 14.4. The predicted molar refractivity (Wildman–Crippen MR) is 95.1 cm³/mol. The van der Waals surface area contributed by atoms with E-state index in [2.05, 4.69) is 10.3 Å². The van der Waals surface area contributed by atoms with Crippen molar-refractivity contribution in [1.29, 1.82) is 0 Å². The number of carbonyl (C=O) groups is 1. The predicted octanol–water partition coefficient (Wildman–Crippen LogP) is 1.83. The van der Waals surface area contributed by atoms with E-state index in [1.54, 1.807) is 12.1 Å². The molecule has 0 unspecified atom stereocenters. The van der Waals surface area contributed by atoms with Gasteiger partial charge in [-0.25, -0.2) is 13.8 Å². The van der Waals surface area contributed by atoms with Crippen molar-refractivity contribution in [1.82, 2.24) is 14.9 Å². The number of rotatable bonds is 5. The van der Waals surface area contributed by atoms with Gasteiger partial charge in [0.2, 0.25) is 5.91 Å². The standard InChI is InChI=1S/C19H17F2N3O3/c1-11-3-2-4-13-18(11)23-10-24(19(13)27)9-17(26)22-8-16(25)12-5-6-14(20)15(21)7-12/h2-7,10,16,25H,8-9H2,1H3,(H,22,26)/t16-/m0/s1. The fraction of sp³-hybridized carbons (Fsp3) is 0.211. The van der Waals surface area contributed by atoms with E-state index in [0.29, 0.717) is 10.9 Å². The Hall–Kier alpha value is -3.13. The van der Waals surface area contributed by atoms with Gasteiger partial charge in [-0.05, 0) is 36.2 Å². The van der Waals surface area contributed by atoms with Crippen LogP contribution in [0.25, 0.3) is 10.9 Å². The van der Waals surface area contributed by atoms with Crippen LogP contribution < -0.4 is 10.9 Å². The molecular formula is C19H17F2N3O3. The van der Waals surface area contributed by atoms with Crippen LogP contribution in [0.1, 0.15) is 17.2 Å². The number of aliphatic hydroxyl groups excluding tert-OH is 1. The fourth-order valence-electron chi connectivity index (χ4n) is 2.71. The second kappa shape index (κ2) is 7.63. The summed E-state index contributed by atoms with van der Waals surface area (Å²) in [5.74, 6) is -2.62. The molecule has 2 aromatic carbocycles. The molecular weight excluding hydrogens is 356 g/mol. The lowest BCUT2D eigenvalue weighted by molar-refractivity contribution is -0.122. The number of benzene rings is 2. The largest absolute Gasteiger partial charge is 0.387 e. The molecule has 1 heterocycles. The number of fused-ring (bicyclic) bond motifs is 1. The Morgan fingerprint density at radius 2 is 2.04 bits per heavy atom. The first-order valence-electron chi connectivity index (χ1n) is 8.21. The number of aromatic nitrogens is 2. The number of nitrogens with zero attached hydrogens (tertiary/aromatic N) is 2. The van der Waals surface area contributed by atoms with Crippen molar-refractivity contribution >= 4 is 16.8 Å². The zero-order chi connectivity index (χ0) is 19.6. The maximum Gasteiger partial charge on any atom is 0.261 e. The van der Waals surface area contributed by atoms with Crippen molar-refractivity contribution in [3.63, 3.8) is 0 Å². The number of aliphatic hydroxyl groups is 1. The lowest BCUT2D eigenvalue weighted by Crippen LogP contribution is -2.34. The number of hydrogen-bond acceptors (Lipinski definition) is 4. The topological polar surface area (TPSA) is 84.2 Å². The lowest BCUT2D eigenvalue weighted by Gasteiger charge is -2.13. The summed E-state index contributed by atoms with van der Waals surface area (Å²) in [6.07, 6.45) is 0.0846. The van der Waals surface area contributed by atoms with Gasteiger partial charge in [0, 0.05) is 6.54 Å². The highest BCUT2D eigenvalue weighted by Gasteiger charge is 2.14. The van der Waals surface area contributed by atoms with Crippen molar-refractivity contribution in [3.05, 3.63) is 75.8 Å². The summed E-state index contributed by atoms with van der Waals surface area (Å²) in [4.78, 5) is 28.8. The van der Waals surface area contributed by atoms with E-state index in [0.717, 1.165) is 17.7 Å². The second-order valence-electron chi connectivity index (χ2n) is 6.14. The fourth-order valence-corrected chi connectivity index (χ4v) is 2.71. The van der Waals surface area contributed by atoms with Gasteiger partial charge in [-0.1, -0.05) is 18.2 Å². The maximum atomic E-state index is 13.2. The molecule has 3 rings (SSSR count). The van der Waals surface area contributed by atoms with Gasteiger partial charge in [0.05, 0.1) is 23.3 Å². The molecule has 1 aromatic heterocycles. The van der Waals surface area contributed by atoms with E-state index in [9.17, 15) is 23.5 Å². The molecule has 0 aliphatic rings. The minimum absolute atomic E-state index is 0.134. The average Bonchev–Trinajstić information content (AvgIpc) is 2.65. The summed E-state index contributed by atoms with van der Waals surface area (Å²) in [6, 6.07) is 8.22.